The number of aromatic carboxylic acids is 1. The number of benzene rings is 3. The normalized spacial score (nSPS) is 10.2. The Morgan fingerprint density at radius 2 is 1.29 bits per heavy atom. The van der Waals surface area contributed by atoms with Gasteiger partial charge in [-0.1, -0.05) is 48.5 Å². The van der Waals surface area contributed by atoms with Gasteiger partial charge in [0.15, 0.2) is 0 Å². The second kappa shape index (κ2) is 6.79. The van der Waals surface area contributed by atoms with E-state index < -0.39 is 5.97 Å². The largest absolute Gasteiger partial charge is 0.478 e. The Balaban J connectivity index is 1.86. The lowest BCUT2D eigenvalue weighted by Gasteiger charge is -2.11. The van der Waals surface area contributed by atoms with Crippen molar-refractivity contribution >= 4 is 17.6 Å². The van der Waals surface area contributed by atoms with Gasteiger partial charge >= 0.3 is 5.97 Å². The first-order valence-electron chi connectivity index (χ1n) is 7.44. The molecule has 0 spiro atoms. The van der Waals surface area contributed by atoms with Crippen LogP contribution >= 0.6 is 0 Å². The average molecular weight is 317 g/mol. The number of rotatable bonds is 4. The van der Waals surface area contributed by atoms with Crippen molar-refractivity contribution in [2.24, 2.45) is 0 Å². The molecule has 0 atom stereocenters. The number of carboxylic acids is 1. The summed E-state index contributed by atoms with van der Waals surface area (Å²) in [6.07, 6.45) is 0. The standard InChI is InChI=1S/C20H15NO3/c22-19(15-10-12-16(13-11-15)20(23)24)21-18-9-5-4-8-17(18)14-6-2-1-3-7-14/h1-13H,(H,21,22)(H,23,24). The number of hydrogen-bond acceptors (Lipinski definition) is 2. The van der Waals surface area contributed by atoms with E-state index in [2.05, 4.69) is 5.32 Å². The van der Waals surface area contributed by atoms with Gasteiger partial charge in [0.25, 0.3) is 5.91 Å². The number of carboxylic acid groups (broad SMARTS) is 1. The predicted octanol–water partition coefficient (Wildman–Crippen LogP) is 4.30. The number of amides is 1. The number of anilines is 1. The van der Waals surface area contributed by atoms with Crippen LogP contribution in [0.25, 0.3) is 11.1 Å². The molecule has 3 rings (SSSR count). The van der Waals surface area contributed by atoms with E-state index in [4.69, 9.17) is 5.11 Å². The molecule has 4 heteroatoms. The predicted molar refractivity (Wildman–Crippen MR) is 93.2 cm³/mol. The highest BCUT2D eigenvalue weighted by molar-refractivity contribution is 6.06. The second-order valence-corrected chi connectivity index (χ2v) is 5.25. The van der Waals surface area contributed by atoms with Crippen molar-refractivity contribution in [2.45, 2.75) is 0 Å². The molecule has 0 aromatic heterocycles. The lowest BCUT2D eigenvalue weighted by atomic mass is 10.0. The van der Waals surface area contributed by atoms with Crippen LogP contribution < -0.4 is 5.32 Å². The van der Waals surface area contributed by atoms with Crippen molar-refractivity contribution in [3.8, 4) is 11.1 Å². The van der Waals surface area contributed by atoms with Crippen LogP contribution in [0, 0.1) is 0 Å². The summed E-state index contributed by atoms with van der Waals surface area (Å²) in [7, 11) is 0. The minimum Gasteiger partial charge on any atom is -0.478 e. The number of nitrogens with one attached hydrogen (secondary N) is 1. The fourth-order valence-corrected chi connectivity index (χ4v) is 2.42. The van der Waals surface area contributed by atoms with Crippen molar-refractivity contribution in [2.75, 3.05) is 5.32 Å². The van der Waals surface area contributed by atoms with Crippen molar-refractivity contribution in [3.63, 3.8) is 0 Å². The lowest BCUT2D eigenvalue weighted by Crippen LogP contribution is -2.12. The zero-order chi connectivity index (χ0) is 16.9. The van der Waals surface area contributed by atoms with Gasteiger partial charge in [0.05, 0.1) is 5.56 Å². The van der Waals surface area contributed by atoms with Gasteiger partial charge in [-0.2, -0.15) is 0 Å². The highest BCUT2D eigenvalue weighted by Crippen LogP contribution is 2.27. The van der Waals surface area contributed by atoms with Crippen molar-refractivity contribution in [3.05, 3.63) is 90.0 Å². The molecule has 3 aromatic carbocycles. The number of carbonyl (C=O) groups is 2. The first-order chi connectivity index (χ1) is 11.6. The summed E-state index contributed by atoms with van der Waals surface area (Å²) in [6.45, 7) is 0. The van der Waals surface area contributed by atoms with E-state index in [1.54, 1.807) is 0 Å². The molecule has 4 nitrogen and oxygen atoms in total. The molecule has 0 saturated heterocycles. The molecule has 0 unspecified atom stereocenters. The first-order valence-corrected chi connectivity index (χ1v) is 7.44. The van der Waals surface area contributed by atoms with Crippen LogP contribution in [0.3, 0.4) is 0 Å². The van der Waals surface area contributed by atoms with Crippen LogP contribution in [0.2, 0.25) is 0 Å². The zero-order valence-electron chi connectivity index (χ0n) is 12.8. The zero-order valence-corrected chi connectivity index (χ0v) is 12.8. The maximum absolute atomic E-state index is 12.4. The Hall–Kier alpha value is -3.40. The van der Waals surface area contributed by atoms with Crippen LogP contribution in [0.5, 0.6) is 0 Å². The summed E-state index contributed by atoms with van der Waals surface area (Å²) in [5.41, 5.74) is 3.19. The molecule has 0 heterocycles. The number of carbonyl (C=O) groups excluding carboxylic acids is 1. The molecule has 0 aliphatic carbocycles. The van der Waals surface area contributed by atoms with Gasteiger partial charge in [-0.05, 0) is 35.9 Å². The van der Waals surface area contributed by atoms with Crippen LogP contribution in [0.4, 0.5) is 5.69 Å². The van der Waals surface area contributed by atoms with Gasteiger partial charge in [0.2, 0.25) is 0 Å². The molecule has 1 amide bonds. The smallest absolute Gasteiger partial charge is 0.335 e. The SMILES string of the molecule is O=C(O)c1ccc(C(=O)Nc2ccccc2-c2ccccc2)cc1. The topological polar surface area (TPSA) is 66.4 Å². The molecule has 24 heavy (non-hydrogen) atoms. The maximum atomic E-state index is 12.4. The van der Waals surface area contributed by atoms with Crippen molar-refractivity contribution < 1.29 is 14.7 Å². The molecule has 118 valence electrons. The van der Waals surface area contributed by atoms with E-state index in [0.29, 0.717) is 11.3 Å². The molecule has 2 N–H and O–H groups in total. The molecule has 0 aliphatic heterocycles. The van der Waals surface area contributed by atoms with Crippen molar-refractivity contribution in [1.82, 2.24) is 0 Å². The highest BCUT2D eigenvalue weighted by atomic mass is 16.4. The summed E-state index contributed by atoms with van der Waals surface area (Å²) in [5.74, 6) is -1.30. The third-order valence-corrected chi connectivity index (χ3v) is 3.65. The Morgan fingerprint density at radius 1 is 0.708 bits per heavy atom. The monoisotopic (exact) mass is 317 g/mol. The summed E-state index contributed by atoms with van der Waals surface area (Å²) in [6, 6.07) is 23.2. The Morgan fingerprint density at radius 3 is 1.96 bits per heavy atom. The first kappa shape index (κ1) is 15.5. The van der Waals surface area contributed by atoms with Gasteiger partial charge < -0.3 is 10.4 Å². The molecule has 0 radical (unpaired) electrons. The van der Waals surface area contributed by atoms with E-state index in [1.807, 2.05) is 54.6 Å². The highest BCUT2D eigenvalue weighted by Gasteiger charge is 2.11. The second-order valence-electron chi connectivity index (χ2n) is 5.25. The van der Waals surface area contributed by atoms with Crippen LogP contribution in [0.1, 0.15) is 20.7 Å². The number of para-hydroxylation sites is 1. The third-order valence-electron chi connectivity index (χ3n) is 3.65. The van der Waals surface area contributed by atoms with Crippen LogP contribution in [-0.2, 0) is 0 Å². The van der Waals surface area contributed by atoms with Crippen molar-refractivity contribution in [1.29, 1.82) is 0 Å². The summed E-state index contributed by atoms with van der Waals surface area (Å²) < 4.78 is 0. The molecule has 0 bridgehead atoms. The fraction of sp³-hybridized carbons (Fsp3) is 0. The van der Waals surface area contributed by atoms with E-state index in [1.165, 1.54) is 24.3 Å². The Bertz CT molecular complexity index is 871. The minimum absolute atomic E-state index is 0.149. The van der Waals surface area contributed by atoms with E-state index in [0.717, 1.165) is 11.1 Å². The van der Waals surface area contributed by atoms with E-state index in [-0.39, 0.29) is 11.5 Å². The van der Waals surface area contributed by atoms with E-state index >= 15 is 0 Å². The Labute approximate surface area is 139 Å². The van der Waals surface area contributed by atoms with Crippen LogP contribution in [-0.4, -0.2) is 17.0 Å². The quantitative estimate of drug-likeness (QED) is 0.754. The van der Waals surface area contributed by atoms with Gasteiger partial charge in [-0.3, -0.25) is 4.79 Å². The van der Waals surface area contributed by atoms with Gasteiger partial charge in [0.1, 0.15) is 0 Å². The average Bonchev–Trinajstić information content (AvgIpc) is 2.63. The Kier molecular flexibility index (Phi) is 4.38. The lowest BCUT2D eigenvalue weighted by molar-refractivity contribution is 0.0696. The molecule has 0 aliphatic rings. The van der Waals surface area contributed by atoms with Crippen LogP contribution in [0.15, 0.2) is 78.9 Å². The summed E-state index contributed by atoms with van der Waals surface area (Å²) >= 11 is 0. The minimum atomic E-state index is -1.02. The fourth-order valence-electron chi connectivity index (χ4n) is 2.42. The summed E-state index contributed by atoms with van der Waals surface area (Å²) in [5, 5.41) is 11.8. The molecule has 0 fully saturated rings. The molecule has 3 aromatic rings. The van der Waals surface area contributed by atoms with Gasteiger partial charge in [0, 0.05) is 16.8 Å². The van der Waals surface area contributed by atoms with Gasteiger partial charge in [-0.15, -0.1) is 0 Å². The molecular weight excluding hydrogens is 302 g/mol. The number of hydrogen-bond donors (Lipinski definition) is 2. The molecule has 0 saturated carbocycles. The summed E-state index contributed by atoms with van der Waals surface area (Å²) in [4.78, 5) is 23.3. The van der Waals surface area contributed by atoms with E-state index in [9.17, 15) is 9.59 Å². The van der Waals surface area contributed by atoms with Gasteiger partial charge in [-0.25, -0.2) is 4.79 Å². The maximum Gasteiger partial charge on any atom is 0.335 e. The third kappa shape index (κ3) is 3.33. The molecular formula is C20H15NO3.